The number of nitrogens with zero attached hydrogens (tertiary/aromatic N) is 1. The van der Waals surface area contributed by atoms with Crippen LogP contribution in [-0.4, -0.2) is 89.0 Å². The summed E-state index contributed by atoms with van der Waals surface area (Å²) in [5, 5.41) is 27.1. The van der Waals surface area contributed by atoms with Gasteiger partial charge in [0.2, 0.25) is 23.6 Å². The Balaban J connectivity index is 5.21. The van der Waals surface area contributed by atoms with E-state index in [0.29, 0.717) is 6.42 Å². The minimum absolute atomic E-state index is 0.0912. The Morgan fingerprint density at radius 3 is 2.00 bits per heavy atom. The molecular formula is C21H38N8O8. The zero-order chi connectivity index (χ0) is 28.7. The quantitative estimate of drug-likeness (QED) is 0.0506. The molecule has 37 heavy (non-hydrogen) atoms. The molecule has 0 aromatic heterocycles. The van der Waals surface area contributed by atoms with E-state index in [4.69, 9.17) is 27.4 Å². The number of amides is 4. The second kappa shape index (κ2) is 16.7. The van der Waals surface area contributed by atoms with E-state index in [1.54, 1.807) is 13.8 Å². The molecule has 4 amide bonds. The number of guanidine groups is 1. The second-order valence-corrected chi connectivity index (χ2v) is 8.62. The van der Waals surface area contributed by atoms with E-state index in [2.05, 4.69) is 26.3 Å². The number of nitrogens with two attached hydrogens (primary N) is 3. The maximum Gasteiger partial charge on any atom is 0.325 e. The minimum atomic E-state index is -1.35. The van der Waals surface area contributed by atoms with Crippen molar-refractivity contribution in [1.29, 1.82) is 0 Å². The van der Waals surface area contributed by atoms with Crippen LogP contribution in [0, 0.1) is 5.92 Å². The van der Waals surface area contributed by atoms with Gasteiger partial charge in [0.25, 0.3) is 0 Å². The molecule has 0 bridgehead atoms. The van der Waals surface area contributed by atoms with Crippen LogP contribution in [0.5, 0.6) is 0 Å². The fourth-order valence-corrected chi connectivity index (χ4v) is 2.89. The van der Waals surface area contributed by atoms with Gasteiger partial charge in [-0.05, 0) is 32.1 Å². The van der Waals surface area contributed by atoms with Crippen molar-refractivity contribution < 1.29 is 39.0 Å². The monoisotopic (exact) mass is 530 g/mol. The first kappa shape index (κ1) is 33.0. The van der Waals surface area contributed by atoms with Gasteiger partial charge >= 0.3 is 11.9 Å². The van der Waals surface area contributed by atoms with Crippen LogP contribution in [0.1, 0.15) is 46.5 Å². The molecule has 0 spiro atoms. The number of hydrogen-bond acceptors (Lipinski definition) is 8. The Kier molecular flexibility index (Phi) is 14.9. The fourth-order valence-electron chi connectivity index (χ4n) is 2.89. The van der Waals surface area contributed by atoms with E-state index in [9.17, 15) is 28.8 Å². The number of rotatable bonds is 17. The fraction of sp³-hybridized carbons (Fsp3) is 0.667. The van der Waals surface area contributed by atoms with Crippen molar-refractivity contribution in [2.45, 2.75) is 70.6 Å². The van der Waals surface area contributed by atoms with Gasteiger partial charge in [-0.3, -0.25) is 33.8 Å². The summed E-state index contributed by atoms with van der Waals surface area (Å²) in [6, 6.07) is -4.60. The molecule has 0 aromatic rings. The van der Waals surface area contributed by atoms with E-state index < -0.39 is 78.6 Å². The van der Waals surface area contributed by atoms with Gasteiger partial charge in [0.05, 0.1) is 12.6 Å². The van der Waals surface area contributed by atoms with E-state index in [0.717, 1.165) is 0 Å². The molecule has 0 aliphatic heterocycles. The molecule has 12 N–H and O–H groups in total. The van der Waals surface area contributed by atoms with Crippen molar-refractivity contribution in [3.63, 3.8) is 0 Å². The molecule has 0 aliphatic rings. The Bertz CT molecular complexity index is 859. The molecule has 0 radical (unpaired) electrons. The average molecular weight is 531 g/mol. The molecular weight excluding hydrogens is 492 g/mol. The van der Waals surface area contributed by atoms with Crippen molar-refractivity contribution in [3.05, 3.63) is 0 Å². The Morgan fingerprint density at radius 2 is 1.49 bits per heavy atom. The van der Waals surface area contributed by atoms with Gasteiger partial charge in [0, 0.05) is 13.0 Å². The van der Waals surface area contributed by atoms with Gasteiger partial charge < -0.3 is 48.7 Å². The van der Waals surface area contributed by atoms with Crippen molar-refractivity contribution in [1.82, 2.24) is 21.3 Å². The summed E-state index contributed by atoms with van der Waals surface area (Å²) < 4.78 is 0. The highest BCUT2D eigenvalue weighted by molar-refractivity contribution is 5.94. The van der Waals surface area contributed by atoms with Crippen LogP contribution in [0.15, 0.2) is 4.99 Å². The summed E-state index contributed by atoms with van der Waals surface area (Å²) in [7, 11) is 0. The van der Waals surface area contributed by atoms with E-state index in [-0.39, 0.29) is 25.3 Å². The van der Waals surface area contributed by atoms with Crippen LogP contribution in [-0.2, 0) is 28.8 Å². The van der Waals surface area contributed by atoms with Crippen LogP contribution in [0.25, 0.3) is 0 Å². The number of carbonyl (C=O) groups excluding carboxylic acids is 4. The molecule has 0 saturated carbocycles. The highest BCUT2D eigenvalue weighted by Crippen LogP contribution is 2.06. The van der Waals surface area contributed by atoms with Crippen LogP contribution >= 0.6 is 0 Å². The van der Waals surface area contributed by atoms with Crippen molar-refractivity contribution in [2.24, 2.45) is 28.1 Å². The number of hydrogen-bond donors (Lipinski definition) is 9. The van der Waals surface area contributed by atoms with Crippen LogP contribution in [0.3, 0.4) is 0 Å². The SMILES string of the molecule is CC(C)[C@H](NC(=O)[C@@H](N)CCCN=C(N)N)C(=O)N[C@@H](CCC(=O)O)C(=O)NCC(=O)N[C@@H](C)C(=O)O. The Morgan fingerprint density at radius 1 is 0.865 bits per heavy atom. The normalized spacial score (nSPS) is 13.9. The third-order valence-corrected chi connectivity index (χ3v) is 5.00. The summed E-state index contributed by atoms with van der Waals surface area (Å²) in [5.74, 6) is -6.05. The van der Waals surface area contributed by atoms with E-state index in [1.807, 2.05) is 0 Å². The van der Waals surface area contributed by atoms with E-state index in [1.165, 1.54) is 6.92 Å². The lowest BCUT2D eigenvalue weighted by molar-refractivity contribution is -0.141. The zero-order valence-electron chi connectivity index (χ0n) is 21.2. The highest BCUT2D eigenvalue weighted by atomic mass is 16.4. The third-order valence-electron chi connectivity index (χ3n) is 5.00. The largest absolute Gasteiger partial charge is 0.481 e. The lowest BCUT2D eigenvalue weighted by Gasteiger charge is -2.26. The molecule has 0 heterocycles. The topological polar surface area (TPSA) is 281 Å². The number of nitrogens with one attached hydrogen (secondary N) is 4. The van der Waals surface area contributed by atoms with Gasteiger partial charge in [-0.25, -0.2) is 0 Å². The third kappa shape index (κ3) is 14.3. The lowest BCUT2D eigenvalue weighted by Crippen LogP contribution is -2.57. The standard InChI is InChI=1S/C21H38N8O8/c1-10(2)16(29-17(33)12(22)5-4-8-25-21(23)24)19(35)28-13(6-7-15(31)32)18(34)26-9-14(30)27-11(3)20(36)37/h10-13,16H,4-9,22H2,1-3H3,(H,26,34)(H,27,30)(H,28,35)(H,29,33)(H,31,32)(H,36,37)(H4,23,24,25)/t11-,12-,13-,16-/m0/s1. The maximum absolute atomic E-state index is 12.9. The first-order valence-corrected chi connectivity index (χ1v) is 11.6. The lowest BCUT2D eigenvalue weighted by atomic mass is 10.0. The molecule has 16 nitrogen and oxygen atoms in total. The Labute approximate surface area is 214 Å². The molecule has 0 saturated heterocycles. The molecule has 16 heteroatoms. The second-order valence-electron chi connectivity index (χ2n) is 8.62. The number of aliphatic imine (C=N–C) groups is 1. The number of carboxylic acids is 2. The predicted octanol–water partition coefficient (Wildman–Crippen LogP) is -3.44. The molecule has 210 valence electrons. The molecule has 0 fully saturated rings. The van der Waals surface area contributed by atoms with Crippen molar-refractivity contribution >= 4 is 41.5 Å². The number of aliphatic carboxylic acids is 2. The smallest absolute Gasteiger partial charge is 0.325 e. The van der Waals surface area contributed by atoms with Gasteiger partial charge in [0.15, 0.2) is 5.96 Å². The van der Waals surface area contributed by atoms with Crippen LogP contribution in [0.4, 0.5) is 0 Å². The van der Waals surface area contributed by atoms with Crippen molar-refractivity contribution in [3.8, 4) is 0 Å². The predicted molar refractivity (Wildman–Crippen MR) is 132 cm³/mol. The maximum atomic E-state index is 12.9. The van der Waals surface area contributed by atoms with Gasteiger partial charge in [-0.15, -0.1) is 0 Å². The molecule has 0 aromatic carbocycles. The molecule has 0 rings (SSSR count). The van der Waals surface area contributed by atoms with E-state index >= 15 is 0 Å². The Hall–Kier alpha value is -3.95. The number of carbonyl (C=O) groups is 6. The van der Waals surface area contributed by atoms with Gasteiger partial charge in [-0.2, -0.15) is 0 Å². The molecule has 4 atom stereocenters. The highest BCUT2D eigenvalue weighted by Gasteiger charge is 2.30. The average Bonchev–Trinajstić information content (AvgIpc) is 2.80. The summed E-state index contributed by atoms with van der Waals surface area (Å²) in [4.78, 5) is 75.4. The van der Waals surface area contributed by atoms with Crippen LogP contribution in [0.2, 0.25) is 0 Å². The molecule has 0 unspecified atom stereocenters. The van der Waals surface area contributed by atoms with Gasteiger partial charge in [-0.1, -0.05) is 13.8 Å². The first-order chi connectivity index (χ1) is 17.1. The van der Waals surface area contributed by atoms with Crippen molar-refractivity contribution in [2.75, 3.05) is 13.1 Å². The van der Waals surface area contributed by atoms with Crippen LogP contribution < -0.4 is 38.5 Å². The number of carboxylic acid groups (broad SMARTS) is 2. The summed E-state index contributed by atoms with van der Waals surface area (Å²) in [6.07, 6.45) is -0.119. The zero-order valence-corrected chi connectivity index (χ0v) is 21.2. The first-order valence-electron chi connectivity index (χ1n) is 11.6. The van der Waals surface area contributed by atoms with Gasteiger partial charge in [0.1, 0.15) is 18.1 Å². The minimum Gasteiger partial charge on any atom is -0.481 e. The summed E-state index contributed by atoms with van der Waals surface area (Å²) >= 11 is 0. The summed E-state index contributed by atoms with van der Waals surface area (Å²) in [5.41, 5.74) is 16.3. The molecule has 0 aliphatic carbocycles. The summed E-state index contributed by atoms with van der Waals surface area (Å²) in [6.45, 7) is 4.19.